The highest BCUT2D eigenvalue weighted by Gasteiger charge is 2.38. The fourth-order valence-corrected chi connectivity index (χ4v) is 3.18. The molecule has 0 saturated heterocycles. The van der Waals surface area contributed by atoms with Crippen molar-refractivity contribution in [2.45, 2.75) is 33.6 Å². The lowest BCUT2D eigenvalue weighted by Crippen LogP contribution is -2.26. The Balaban J connectivity index is 2.66. The molecule has 0 saturated carbocycles. The third kappa shape index (κ3) is 4.64. The van der Waals surface area contributed by atoms with Gasteiger partial charge in [0.2, 0.25) is 5.88 Å². The number of ether oxygens (including phenoxy) is 3. The van der Waals surface area contributed by atoms with Gasteiger partial charge in [-0.2, -0.15) is 5.26 Å². The first-order chi connectivity index (χ1) is 12.8. The van der Waals surface area contributed by atoms with Crippen LogP contribution >= 0.6 is 15.9 Å². The van der Waals surface area contributed by atoms with Gasteiger partial charge in [0.05, 0.1) is 24.7 Å². The van der Waals surface area contributed by atoms with Gasteiger partial charge in [-0.25, -0.2) is 4.79 Å². The Morgan fingerprint density at radius 2 is 2.15 bits per heavy atom. The molecule has 1 unspecified atom stereocenters. The quantitative estimate of drug-likeness (QED) is 0.676. The molecule has 0 aromatic heterocycles. The van der Waals surface area contributed by atoms with Gasteiger partial charge in [0.25, 0.3) is 0 Å². The molecule has 1 aromatic rings. The third-order valence-electron chi connectivity index (χ3n) is 3.96. The smallest absolute Gasteiger partial charge is 0.338 e. The molecule has 0 fully saturated rings. The predicted molar refractivity (Wildman–Crippen MR) is 104 cm³/mol. The van der Waals surface area contributed by atoms with E-state index in [0.29, 0.717) is 29.6 Å². The van der Waals surface area contributed by atoms with E-state index in [0.717, 1.165) is 4.47 Å². The van der Waals surface area contributed by atoms with Crippen LogP contribution in [0, 0.1) is 17.2 Å². The van der Waals surface area contributed by atoms with Crippen LogP contribution in [0.15, 0.2) is 45.5 Å². The van der Waals surface area contributed by atoms with Crippen LogP contribution in [0.5, 0.6) is 5.75 Å². The fourth-order valence-electron chi connectivity index (χ4n) is 2.80. The van der Waals surface area contributed by atoms with Gasteiger partial charge in [-0.15, -0.1) is 0 Å². The van der Waals surface area contributed by atoms with Crippen LogP contribution in [0.3, 0.4) is 0 Å². The topological polar surface area (TPSA) is 94.6 Å². The summed E-state index contributed by atoms with van der Waals surface area (Å²) < 4.78 is 17.4. The first-order valence-corrected chi connectivity index (χ1v) is 9.47. The van der Waals surface area contributed by atoms with Crippen molar-refractivity contribution in [3.05, 3.63) is 51.0 Å². The van der Waals surface area contributed by atoms with Crippen molar-refractivity contribution in [3.63, 3.8) is 0 Å². The number of hydrogen-bond acceptors (Lipinski definition) is 6. The standard InChI is InChI=1S/C20H23BrN2O4/c1-5-25-20(24)17-12(4)27-19(23)15(9-22)18(17)14-8-13(21)6-7-16(14)26-10-11(2)3/h6-8,11,18H,5,10,23H2,1-4H3. The van der Waals surface area contributed by atoms with Crippen molar-refractivity contribution in [1.82, 2.24) is 0 Å². The lowest BCUT2D eigenvalue weighted by atomic mass is 9.82. The molecular formula is C20H23BrN2O4. The van der Waals surface area contributed by atoms with Crippen molar-refractivity contribution in [2.24, 2.45) is 11.7 Å². The zero-order valence-corrected chi connectivity index (χ0v) is 17.4. The molecule has 7 heteroatoms. The van der Waals surface area contributed by atoms with Crippen molar-refractivity contribution in [3.8, 4) is 11.8 Å². The van der Waals surface area contributed by atoms with Gasteiger partial charge in [0.1, 0.15) is 23.2 Å². The molecule has 144 valence electrons. The number of nitriles is 1. The van der Waals surface area contributed by atoms with Crippen LogP contribution in [0.1, 0.15) is 39.2 Å². The average molecular weight is 435 g/mol. The molecule has 2 rings (SSSR count). The number of benzene rings is 1. The first-order valence-electron chi connectivity index (χ1n) is 8.67. The molecule has 0 radical (unpaired) electrons. The Kier molecular flexibility index (Phi) is 6.92. The molecule has 0 bridgehead atoms. The van der Waals surface area contributed by atoms with E-state index in [1.54, 1.807) is 19.9 Å². The van der Waals surface area contributed by atoms with Gasteiger partial charge in [0, 0.05) is 10.0 Å². The number of allylic oxidation sites excluding steroid dienone is 2. The second-order valence-electron chi connectivity index (χ2n) is 6.50. The van der Waals surface area contributed by atoms with Crippen LogP contribution < -0.4 is 10.5 Å². The predicted octanol–water partition coefficient (Wildman–Crippen LogP) is 4.13. The number of carbonyl (C=O) groups is 1. The summed E-state index contributed by atoms with van der Waals surface area (Å²) in [6, 6.07) is 7.55. The number of esters is 1. The molecule has 0 amide bonds. The van der Waals surface area contributed by atoms with E-state index in [-0.39, 0.29) is 23.6 Å². The number of halogens is 1. The second-order valence-corrected chi connectivity index (χ2v) is 7.42. The van der Waals surface area contributed by atoms with Crippen LogP contribution in [0.2, 0.25) is 0 Å². The average Bonchev–Trinajstić information content (AvgIpc) is 2.60. The minimum absolute atomic E-state index is 0.0252. The minimum atomic E-state index is -0.734. The molecule has 27 heavy (non-hydrogen) atoms. The van der Waals surface area contributed by atoms with E-state index in [1.165, 1.54) is 0 Å². The summed E-state index contributed by atoms with van der Waals surface area (Å²) >= 11 is 3.45. The number of nitrogens with zero attached hydrogens (tertiary/aromatic N) is 1. The van der Waals surface area contributed by atoms with Gasteiger partial charge in [0.15, 0.2) is 0 Å². The molecule has 1 aliphatic heterocycles. The zero-order chi connectivity index (χ0) is 20.1. The van der Waals surface area contributed by atoms with Crippen LogP contribution in [-0.4, -0.2) is 19.2 Å². The van der Waals surface area contributed by atoms with Gasteiger partial charge in [-0.3, -0.25) is 0 Å². The molecule has 1 atom stereocenters. The Morgan fingerprint density at radius 3 is 2.74 bits per heavy atom. The molecule has 6 nitrogen and oxygen atoms in total. The van der Waals surface area contributed by atoms with Gasteiger partial charge < -0.3 is 19.9 Å². The van der Waals surface area contributed by atoms with Crippen LogP contribution in [0.4, 0.5) is 0 Å². The highest BCUT2D eigenvalue weighted by atomic mass is 79.9. The largest absolute Gasteiger partial charge is 0.493 e. The zero-order valence-electron chi connectivity index (χ0n) is 15.8. The summed E-state index contributed by atoms with van der Waals surface area (Å²) in [5.41, 5.74) is 6.99. The normalized spacial score (nSPS) is 16.9. The summed E-state index contributed by atoms with van der Waals surface area (Å²) in [5.74, 6) is -0.104. The van der Waals surface area contributed by atoms with E-state index >= 15 is 0 Å². The molecular weight excluding hydrogens is 412 g/mol. The summed E-state index contributed by atoms with van der Waals surface area (Å²) in [5, 5.41) is 9.69. The van der Waals surface area contributed by atoms with Crippen molar-refractivity contribution in [1.29, 1.82) is 5.26 Å². The van der Waals surface area contributed by atoms with Gasteiger partial charge in [-0.1, -0.05) is 29.8 Å². The molecule has 1 aliphatic rings. The lowest BCUT2D eigenvalue weighted by Gasteiger charge is -2.28. The SMILES string of the molecule is CCOC(=O)C1=C(C)OC(N)=C(C#N)C1c1cc(Br)ccc1OCC(C)C. The Hall–Kier alpha value is -2.46. The third-order valence-corrected chi connectivity index (χ3v) is 4.45. The number of carbonyl (C=O) groups excluding carboxylic acids is 1. The van der Waals surface area contributed by atoms with E-state index in [2.05, 4.69) is 22.0 Å². The monoisotopic (exact) mass is 434 g/mol. The van der Waals surface area contributed by atoms with Crippen LogP contribution in [0.25, 0.3) is 0 Å². The van der Waals surface area contributed by atoms with Crippen molar-refractivity contribution >= 4 is 21.9 Å². The molecule has 2 N–H and O–H groups in total. The van der Waals surface area contributed by atoms with E-state index < -0.39 is 11.9 Å². The first kappa shape index (κ1) is 20.8. The summed E-state index contributed by atoms with van der Waals surface area (Å²) in [6.45, 7) is 8.14. The molecule has 0 aliphatic carbocycles. The van der Waals surface area contributed by atoms with Crippen LogP contribution in [-0.2, 0) is 14.3 Å². The second kappa shape index (κ2) is 8.96. The maximum Gasteiger partial charge on any atom is 0.338 e. The summed E-state index contributed by atoms with van der Waals surface area (Å²) in [6.07, 6.45) is 0. The van der Waals surface area contributed by atoms with Gasteiger partial charge >= 0.3 is 5.97 Å². The number of nitrogens with two attached hydrogens (primary N) is 1. The van der Waals surface area contributed by atoms with Crippen molar-refractivity contribution in [2.75, 3.05) is 13.2 Å². The van der Waals surface area contributed by atoms with E-state index in [4.69, 9.17) is 19.9 Å². The Bertz CT molecular complexity index is 837. The lowest BCUT2D eigenvalue weighted by molar-refractivity contribution is -0.139. The Labute approximate surface area is 167 Å². The molecule has 1 heterocycles. The number of rotatable bonds is 6. The molecule has 0 spiro atoms. The van der Waals surface area contributed by atoms with E-state index in [9.17, 15) is 10.1 Å². The Morgan fingerprint density at radius 1 is 1.44 bits per heavy atom. The highest BCUT2D eigenvalue weighted by Crippen LogP contribution is 2.43. The van der Waals surface area contributed by atoms with Gasteiger partial charge in [-0.05, 0) is 38.0 Å². The van der Waals surface area contributed by atoms with E-state index in [1.807, 2.05) is 26.0 Å². The van der Waals surface area contributed by atoms with Crippen molar-refractivity contribution < 1.29 is 19.0 Å². The minimum Gasteiger partial charge on any atom is -0.493 e. The maximum absolute atomic E-state index is 12.6. The fraction of sp³-hybridized carbons (Fsp3) is 0.400. The number of hydrogen-bond donors (Lipinski definition) is 1. The summed E-state index contributed by atoms with van der Waals surface area (Å²) in [4.78, 5) is 12.6. The molecule has 1 aromatic carbocycles. The maximum atomic E-state index is 12.6. The summed E-state index contributed by atoms with van der Waals surface area (Å²) in [7, 11) is 0. The highest BCUT2D eigenvalue weighted by molar-refractivity contribution is 9.10.